The Bertz CT molecular complexity index is 913. The van der Waals surface area contributed by atoms with Crippen LogP contribution in [-0.2, 0) is 6.54 Å². The van der Waals surface area contributed by atoms with Crippen molar-refractivity contribution in [2.24, 2.45) is 0 Å². The number of nitrogens with two attached hydrogens (primary N) is 1. The van der Waals surface area contributed by atoms with Crippen LogP contribution in [0.2, 0.25) is 0 Å². The maximum atomic E-state index is 12.3. The number of hydrogen-bond acceptors (Lipinski definition) is 7. The highest BCUT2D eigenvalue weighted by atomic mass is 16.6. The van der Waals surface area contributed by atoms with Crippen LogP contribution < -0.4 is 21.7 Å². The summed E-state index contributed by atoms with van der Waals surface area (Å²) in [5.41, 5.74) is 3.75. The molecule has 0 aliphatic carbocycles. The number of hydrogen-bond donors (Lipinski definition) is 2. The highest BCUT2D eigenvalue weighted by Gasteiger charge is 2.19. The van der Waals surface area contributed by atoms with Crippen LogP contribution in [0.15, 0.2) is 33.9 Å². The first-order valence-electron chi connectivity index (χ1n) is 7.38. The Balaban J connectivity index is 2.21. The van der Waals surface area contributed by atoms with Gasteiger partial charge in [-0.25, -0.2) is 4.79 Å². The van der Waals surface area contributed by atoms with Crippen molar-refractivity contribution in [2.75, 3.05) is 12.3 Å². The molecule has 132 valence electrons. The number of Topliss-reactive ketones (excluding diaryl/α,β-unsaturated/α-hetero) is 1. The van der Waals surface area contributed by atoms with E-state index < -0.39 is 28.6 Å². The molecule has 2 aromatic rings. The predicted molar refractivity (Wildman–Crippen MR) is 88.9 cm³/mol. The van der Waals surface area contributed by atoms with Gasteiger partial charge in [-0.1, -0.05) is 6.92 Å². The topological polar surface area (TPSA) is 150 Å². The van der Waals surface area contributed by atoms with Crippen LogP contribution in [0.4, 0.5) is 11.5 Å². The number of H-pyrrole nitrogens is 1. The van der Waals surface area contributed by atoms with Gasteiger partial charge in [0.15, 0.2) is 6.61 Å². The zero-order chi connectivity index (χ0) is 18.6. The zero-order valence-electron chi connectivity index (χ0n) is 13.4. The van der Waals surface area contributed by atoms with E-state index in [1.165, 1.54) is 24.3 Å². The Kier molecular flexibility index (Phi) is 5.32. The third-order valence-electron chi connectivity index (χ3n) is 3.38. The Morgan fingerprint density at radius 3 is 2.52 bits per heavy atom. The molecule has 0 aliphatic heterocycles. The van der Waals surface area contributed by atoms with Crippen molar-refractivity contribution in [1.29, 1.82) is 0 Å². The molecule has 0 bridgehead atoms. The van der Waals surface area contributed by atoms with Crippen molar-refractivity contribution >= 4 is 17.3 Å². The van der Waals surface area contributed by atoms with E-state index in [0.717, 1.165) is 4.57 Å². The normalized spacial score (nSPS) is 10.4. The Labute approximate surface area is 141 Å². The molecule has 0 amide bonds. The lowest BCUT2D eigenvalue weighted by Crippen LogP contribution is -2.37. The molecule has 1 heterocycles. The summed E-state index contributed by atoms with van der Waals surface area (Å²) in [6.45, 7) is 1.57. The van der Waals surface area contributed by atoms with Gasteiger partial charge in [-0.15, -0.1) is 0 Å². The average Bonchev–Trinajstić information content (AvgIpc) is 2.57. The zero-order valence-corrected chi connectivity index (χ0v) is 13.4. The number of benzene rings is 1. The monoisotopic (exact) mass is 348 g/mol. The highest BCUT2D eigenvalue weighted by Crippen LogP contribution is 2.17. The first-order valence-corrected chi connectivity index (χ1v) is 7.38. The number of ether oxygens (including phenoxy) is 1. The van der Waals surface area contributed by atoms with Crippen LogP contribution in [0.3, 0.4) is 0 Å². The van der Waals surface area contributed by atoms with E-state index in [2.05, 4.69) is 4.98 Å². The number of anilines is 1. The van der Waals surface area contributed by atoms with Gasteiger partial charge in [0.25, 0.3) is 11.2 Å². The summed E-state index contributed by atoms with van der Waals surface area (Å²) in [6.07, 6.45) is 0.586. The lowest BCUT2D eigenvalue weighted by molar-refractivity contribution is -0.384. The number of rotatable bonds is 7. The number of carbonyl (C=O) groups excluding carboxylic acids is 1. The minimum absolute atomic E-state index is 0.119. The summed E-state index contributed by atoms with van der Waals surface area (Å²) in [6, 6.07) is 5.11. The molecule has 2 rings (SSSR count). The molecule has 1 aromatic heterocycles. The molecule has 25 heavy (non-hydrogen) atoms. The minimum atomic E-state index is -0.882. The van der Waals surface area contributed by atoms with Crippen molar-refractivity contribution in [1.82, 2.24) is 9.55 Å². The number of carbonyl (C=O) groups is 1. The average molecular weight is 348 g/mol. The summed E-state index contributed by atoms with van der Waals surface area (Å²) in [7, 11) is 0. The fraction of sp³-hybridized carbons (Fsp3) is 0.267. The largest absolute Gasteiger partial charge is 0.485 e. The van der Waals surface area contributed by atoms with Crippen LogP contribution in [0.25, 0.3) is 0 Å². The number of aromatic nitrogens is 2. The van der Waals surface area contributed by atoms with E-state index >= 15 is 0 Å². The fourth-order valence-electron chi connectivity index (χ4n) is 2.19. The maximum absolute atomic E-state index is 12.3. The van der Waals surface area contributed by atoms with Crippen molar-refractivity contribution < 1.29 is 14.5 Å². The van der Waals surface area contributed by atoms with Gasteiger partial charge >= 0.3 is 5.69 Å². The van der Waals surface area contributed by atoms with Crippen LogP contribution in [-0.4, -0.2) is 26.9 Å². The summed E-state index contributed by atoms with van der Waals surface area (Å²) in [5.74, 6) is -0.703. The third kappa shape index (κ3) is 3.91. The molecule has 0 radical (unpaired) electrons. The molecule has 0 atom stereocenters. The molecular formula is C15H16N4O6. The smallest absolute Gasteiger partial charge is 0.329 e. The molecule has 0 unspecified atom stereocenters. The van der Waals surface area contributed by atoms with E-state index in [9.17, 15) is 24.5 Å². The van der Waals surface area contributed by atoms with Gasteiger partial charge in [-0.3, -0.25) is 29.3 Å². The number of nitrogen functional groups attached to an aromatic ring is 1. The number of ketones is 1. The van der Waals surface area contributed by atoms with Gasteiger partial charge < -0.3 is 10.5 Å². The van der Waals surface area contributed by atoms with E-state index in [4.69, 9.17) is 10.5 Å². The molecule has 0 spiro atoms. The van der Waals surface area contributed by atoms with Crippen LogP contribution in [0.5, 0.6) is 5.75 Å². The summed E-state index contributed by atoms with van der Waals surface area (Å²) in [5, 5.41) is 10.6. The highest BCUT2D eigenvalue weighted by molar-refractivity contribution is 6.00. The predicted octanol–water partition coefficient (Wildman–Crippen LogP) is 0.699. The molecule has 0 aliphatic rings. The number of nitro groups is 1. The van der Waals surface area contributed by atoms with Crippen LogP contribution in [0, 0.1) is 10.1 Å². The van der Waals surface area contributed by atoms with Crippen LogP contribution >= 0.6 is 0 Å². The fourth-order valence-corrected chi connectivity index (χ4v) is 2.19. The molecule has 0 saturated carbocycles. The minimum Gasteiger partial charge on any atom is -0.485 e. The van der Waals surface area contributed by atoms with Gasteiger partial charge in [0.1, 0.15) is 17.1 Å². The molecular weight excluding hydrogens is 332 g/mol. The number of nitro benzene ring substituents is 1. The molecule has 10 heteroatoms. The van der Waals surface area contributed by atoms with E-state index in [1.807, 2.05) is 6.92 Å². The quantitative estimate of drug-likeness (QED) is 0.424. The number of nitrogens with one attached hydrogen (secondary N) is 1. The van der Waals surface area contributed by atoms with Gasteiger partial charge in [0.2, 0.25) is 5.78 Å². The van der Waals surface area contributed by atoms with Gasteiger partial charge in [-0.2, -0.15) is 0 Å². The second-order valence-corrected chi connectivity index (χ2v) is 5.13. The lowest BCUT2D eigenvalue weighted by Gasteiger charge is -2.11. The lowest BCUT2D eigenvalue weighted by atomic mass is 10.2. The summed E-state index contributed by atoms with van der Waals surface area (Å²) < 4.78 is 6.34. The third-order valence-corrected chi connectivity index (χ3v) is 3.38. The SMILES string of the molecule is CCCn1c(N)c(C(=O)COc2ccc([N+](=O)[O-])cc2)c(=O)[nH]c1=O. The van der Waals surface area contributed by atoms with Crippen molar-refractivity contribution in [3.05, 3.63) is 60.8 Å². The van der Waals surface area contributed by atoms with E-state index in [1.54, 1.807) is 0 Å². The molecule has 10 nitrogen and oxygen atoms in total. The van der Waals surface area contributed by atoms with Crippen molar-refractivity contribution in [2.45, 2.75) is 19.9 Å². The summed E-state index contributed by atoms with van der Waals surface area (Å²) in [4.78, 5) is 47.9. The van der Waals surface area contributed by atoms with Crippen molar-refractivity contribution in [3.63, 3.8) is 0 Å². The Morgan fingerprint density at radius 2 is 1.96 bits per heavy atom. The Hall–Kier alpha value is -3.43. The standard InChI is InChI=1S/C15H16N4O6/c1-2-7-18-13(16)12(14(21)17-15(18)22)11(20)8-25-10-5-3-9(4-6-10)19(23)24/h3-6H,2,7-8,16H2,1H3,(H,17,21,22). The maximum Gasteiger partial charge on any atom is 0.329 e. The first-order chi connectivity index (χ1) is 11.8. The second kappa shape index (κ2) is 7.43. The van der Waals surface area contributed by atoms with Crippen molar-refractivity contribution in [3.8, 4) is 5.75 Å². The van der Waals surface area contributed by atoms with Gasteiger partial charge in [0, 0.05) is 18.7 Å². The Morgan fingerprint density at radius 1 is 1.32 bits per heavy atom. The molecule has 1 aromatic carbocycles. The second-order valence-electron chi connectivity index (χ2n) is 5.13. The van der Waals surface area contributed by atoms with Gasteiger partial charge in [-0.05, 0) is 18.6 Å². The summed E-state index contributed by atoms with van der Waals surface area (Å²) >= 11 is 0. The van der Waals surface area contributed by atoms with E-state index in [0.29, 0.717) is 6.42 Å². The molecule has 0 fully saturated rings. The number of non-ortho nitro benzene ring substituents is 1. The number of nitrogens with zero attached hydrogens (tertiary/aromatic N) is 2. The molecule has 3 N–H and O–H groups in total. The van der Waals surface area contributed by atoms with E-state index in [-0.39, 0.29) is 29.4 Å². The molecule has 0 saturated heterocycles. The first kappa shape index (κ1) is 17.9. The number of aromatic amines is 1. The van der Waals surface area contributed by atoms with Crippen LogP contribution in [0.1, 0.15) is 23.7 Å². The van der Waals surface area contributed by atoms with Gasteiger partial charge in [0.05, 0.1) is 4.92 Å².